The first kappa shape index (κ1) is 27.8. The fourth-order valence-corrected chi connectivity index (χ4v) is 5.61. The number of hydrogen-bond acceptors (Lipinski definition) is 8. The number of nitrogens with zero attached hydrogens (tertiary/aromatic N) is 3. The quantitative estimate of drug-likeness (QED) is 0.196. The van der Waals surface area contributed by atoms with E-state index in [-0.39, 0.29) is 27.2 Å². The number of azo groups is 1. The first-order chi connectivity index (χ1) is 18.4. The van der Waals surface area contributed by atoms with Crippen molar-refractivity contribution >= 4 is 48.3 Å². The second-order valence-corrected chi connectivity index (χ2v) is 11.6. The third kappa shape index (κ3) is 6.08. The average Bonchev–Trinajstić information content (AvgIpc) is 3.20. The molecule has 0 atom stereocenters. The summed E-state index contributed by atoms with van der Waals surface area (Å²) in [5, 5.41) is 17.6. The monoisotopic (exact) mass is 572 g/mol. The lowest BCUT2D eigenvalue weighted by molar-refractivity contribution is -0.116. The molecule has 3 aromatic carbocycles. The van der Waals surface area contributed by atoms with Gasteiger partial charge in [-0.05, 0) is 68.4 Å². The Morgan fingerprint density at radius 3 is 2.23 bits per heavy atom. The molecule has 0 saturated carbocycles. The summed E-state index contributed by atoms with van der Waals surface area (Å²) in [5.74, 6) is -0.991. The summed E-state index contributed by atoms with van der Waals surface area (Å²) in [5.41, 5.74) is 1.09. The van der Waals surface area contributed by atoms with Crippen LogP contribution in [0, 0.1) is 6.92 Å². The molecule has 3 N–H and O–H groups in total. The highest BCUT2D eigenvalue weighted by Crippen LogP contribution is 2.36. The van der Waals surface area contributed by atoms with Gasteiger partial charge in [0.05, 0.1) is 27.6 Å². The highest BCUT2D eigenvalue weighted by Gasteiger charge is 2.27. The molecule has 1 amide bonds. The van der Waals surface area contributed by atoms with Gasteiger partial charge in [-0.2, -0.15) is 8.42 Å². The fraction of sp³-hybridized carbons (Fsp3) is 0.160. The normalized spacial score (nSPS) is 12.2. The molecule has 204 valence electrons. The van der Waals surface area contributed by atoms with Gasteiger partial charge in [-0.3, -0.25) is 13.7 Å². The SMILES string of the molecule is CCOc1ccc(S(=O)(=O)N(CC(=O)N=Nc2c(O)[nH]c3ccc(S(=O)(=O)O)cc23)c2ccc(C)cc2)cc1. The molecule has 0 bridgehead atoms. The van der Waals surface area contributed by atoms with Crippen LogP contribution in [0.5, 0.6) is 11.6 Å². The van der Waals surface area contributed by atoms with Crippen molar-refractivity contribution in [3.05, 3.63) is 72.3 Å². The van der Waals surface area contributed by atoms with E-state index in [4.69, 9.17) is 4.74 Å². The van der Waals surface area contributed by atoms with Gasteiger partial charge in [0, 0.05) is 5.39 Å². The van der Waals surface area contributed by atoms with Gasteiger partial charge >= 0.3 is 0 Å². The second-order valence-electron chi connectivity index (χ2n) is 8.35. The van der Waals surface area contributed by atoms with E-state index in [1.54, 1.807) is 31.2 Å². The van der Waals surface area contributed by atoms with Crippen LogP contribution >= 0.6 is 0 Å². The number of rotatable bonds is 9. The number of ether oxygens (including phenoxy) is 1. The Labute approximate surface area is 224 Å². The van der Waals surface area contributed by atoms with Crippen LogP contribution in [-0.4, -0.2) is 50.5 Å². The van der Waals surface area contributed by atoms with Crippen LogP contribution < -0.4 is 9.04 Å². The number of benzene rings is 3. The molecule has 4 rings (SSSR count). The van der Waals surface area contributed by atoms with Crippen molar-refractivity contribution in [3.63, 3.8) is 0 Å². The van der Waals surface area contributed by atoms with E-state index in [1.807, 2.05) is 6.92 Å². The molecule has 1 heterocycles. The molecule has 0 saturated heterocycles. The molecule has 0 fully saturated rings. The van der Waals surface area contributed by atoms with Gasteiger partial charge in [-0.1, -0.05) is 17.7 Å². The number of H-pyrrole nitrogens is 1. The van der Waals surface area contributed by atoms with Crippen molar-refractivity contribution in [2.45, 2.75) is 23.6 Å². The Bertz CT molecular complexity index is 1760. The number of fused-ring (bicyclic) bond motifs is 1. The smallest absolute Gasteiger partial charge is 0.294 e. The van der Waals surface area contributed by atoms with Gasteiger partial charge in [0.1, 0.15) is 12.3 Å². The summed E-state index contributed by atoms with van der Waals surface area (Å²) >= 11 is 0. The van der Waals surface area contributed by atoms with Gasteiger partial charge in [0.15, 0.2) is 5.69 Å². The molecule has 1 aromatic heterocycles. The molecule has 4 aromatic rings. The van der Waals surface area contributed by atoms with Gasteiger partial charge in [0.2, 0.25) is 5.88 Å². The van der Waals surface area contributed by atoms with Crippen molar-refractivity contribution in [2.75, 3.05) is 17.5 Å². The van der Waals surface area contributed by atoms with Gasteiger partial charge in [0.25, 0.3) is 26.0 Å². The number of aryl methyl sites for hydroxylation is 1. The fourth-order valence-electron chi connectivity index (χ4n) is 3.69. The Balaban J connectivity index is 1.67. The first-order valence-electron chi connectivity index (χ1n) is 11.5. The molecule has 12 nitrogen and oxygen atoms in total. The largest absolute Gasteiger partial charge is 0.494 e. The summed E-state index contributed by atoms with van der Waals surface area (Å²) in [6.07, 6.45) is 0. The lowest BCUT2D eigenvalue weighted by Crippen LogP contribution is -2.35. The molecule has 39 heavy (non-hydrogen) atoms. The lowest BCUT2D eigenvalue weighted by Gasteiger charge is -2.23. The number of carbonyl (C=O) groups excluding carboxylic acids is 1. The summed E-state index contributed by atoms with van der Waals surface area (Å²) in [7, 11) is -8.77. The van der Waals surface area contributed by atoms with Crippen LogP contribution in [-0.2, 0) is 24.9 Å². The third-order valence-electron chi connectivity index (χ3n) is 5.61. The minimum absolute atomic E-state index is 0.0663. The molecule has 0 spiro atoms. The lowest BCUT2D eigenvalue weighted by atomic mass is 10.2. The van der Waals surface area contributed by atoms with Crippen molar-refractivity contribution in [1.82, 2.24) is 4.98 Å². The zero-order valence-corrected chi connectivity index (χ0v) is 22.4. The van der Waals surface area contributed by atoms with Crippen molar-refractivity contribution < 1.29 is 36.0 Å². The zero-order valence-electron chi connectivity index (χ0n) is 20.8. The van der Waals surface area contributed by atoms with E-state index < -0.39 is 43.4 Å². The minimum Gasteiger partial charge on any atom is -0.494 e. The van der Waals surface area contributed by atoms with Gasteiger partial charge in [-0.15, -0.1) is 10.2 Å². The molecular weight excluding hydrogens is 548 g/mol. The first-order valence-corrected chi connectivity index (χ1v) is 14.4. The van der Waals surface area contributed by atoms with Gasteiger partial charge in [-0.25, -0.2) is 8.42 Å². The Morgan fingerprint density at radius 1 is 0.974 bits per heavy atom. The molecule has 0 unspecified atom stereocenters. The van der Waals surface area contributed by atoms with Gasteiger partial charge < -0.3 is 14.8 Å². The number of amides is 1. The molecule has 14 heteroatoms. The predicted octanol–water partition coefficient (Wildman–Crippen LogP) is 4.33. The molecular formula is C25H24N4O8S2. The predicted molar refractivity (Wildman–Crippen MR) is 143 cm³/mol. The standard InChI is InChI=1S/C25H24N4O8S2/c1-3-37-18-8-10-19(11-9-18)38(32,33)29(17-6-4-16(2)5-7-17)15-23(30)27-28-24-21-14-20(39(34,35)36)12-13-22(21)26-25(24)31/h4-14,26,31H,3,15H2,1-2H3,(H,34,35,36). The van der Waals surface area contributed by atoms with Crippen LogP contribution in [0.1, 0.15) is 12.5 Å². The maximum atomic E-state index is 13.6. The number of hydrogen-bond donors (Lipinski definition) is 3. The number of sulfonamides is 1. The Morgan fingerprint density at radius 2 is 1.62 bits per heavy atom. The second kappa shape index (κ2) is 10.8. The highest BCUT2D eigenvalue weighted by atomic mass is 32.2. The Hall–Kier alpha value is -4.27. The molecule has 0 aliphatic heterocycles. The van der Waals surface area contributed by atoms with E-state index in [1.165, 1.54) is 30.3 Å². The number of carbonyl (C=O) groups is 1. The average molecular weight is 573 g/mol. The summed E-state index contributed by atoms with van der Waals surface area (Å²) in [6.45, 7) is 3.31. The molecule has 0 aliphatic carbocycles. The van der Waals surface area contributed by atoms with Crippen molar-refractivity contribution in [3.8, 4) is 11.6 Å². The van der Waals surface area contributed by atoms with Crippen LogP contribution in [0.4, 0.5) is 11.4 Å². The van der Waals surface area contributed by atoms with E-state index in [0.717, 1.165) is 22.0 Å². The van der Waals surface area contributed by atoms with Crippen molar-refractivity contribution in [2.24, 2.45) is 10.2 Å². The van der Waals surface area contributed by atoms with Crippen LogP contribution in [0.25, 0.3) is 10.9 Å². The Kier molecular flexibility index (Phi) is 7.72. The number of aromatic hydroxyl groups is 1. The van der Waals surface area contributed by atoms with E-state index in [0.29, 0.717) is 12.4 Å². The molecule has 0 radical (unpaired) electrons. The van der Waals surface area contributed by atoms with Crippen LogP contribution in [0.2, 0.25) is 0 Å². The van der Waals surface area contributed by atoms with E-state index in [2.05, 4.69) is 15.2 Å². The summed E-state index contributed by atoms with van der Waals surface area (Å²) < 4.78 is 65.7. The maximum absolute atomic E-state index is 13.6. The number of anilines is 1. The van der Waals surface area contributed by atoms with E-state index in [9.17, 15) is 31.3 Å². The van der Waals surface area contributed by atoms with Crippen LogP contribution in [0.15, 0.2) is 86.7 Å². The number of aromatic amines is 1. The molecule has 0 aliphatic rings. The number of nitrogens with one attached hydrogen (secondary N) is 1. The zero-order chi connectivity index (χ0) is 28.4. The van der Waals surface area contributed by atoms with E-state index >= 15 is 0 Å². The third-order valence-corrected chi connectivity index (χ3v) is 8.24. The summed E-state index contributed by atoms with van der Waals surface area (Å²) in [4.78, 5) is 14.9. The topological polar surface area (TPSA) is 179 Å². The van der Waals surface area contributed by atoms with Crippen LogP contribution in [0.3, 0.4) is 0 Å². The minimum atomic E-state index is -4.55. The maximum Gasteiger partial charge on any atom is 0.294 e. The highest BCUT2D eigenvalue weighted by molar-refractivity contribution is 7.92. The van der Waals surface area contributed by atoms with Crippen molar-refractivity contribution in [1.29, 1.82) is 0 Å². The number of aromatic nitrogens is 1. The summed E-state index contributed by atoms with van der Waals surface area (Å²) in [6, 6.07) is 15.7.